The highest BCUT2D eigenvalue weighted by Crippen LogP contribution is 2.20. The molecule has 0 bridgehead atoms. The lowest BCUT2D eigenvalue weighted by Gasteiger charge is -2.31. The first kappa shape index (κ1) is 12.1. The average Bonchev–Trinajstić information content (AvgIpc) is 2.33. The maximum absolute atomic E-state index is 11.7. The van der Waals surface area contributed by atoms with Crippen LogP contribution in [0.2, 0.25) is 0 Å². The van der Waals surface area contributed by atoms with Crippen molar-refractivity contribution in [3.8, 4) is 0 Å². The zero-order valence-electron chi connectivity index (χ0n) is 10.2. The fourth-order valence-corrected chi connectivity index (χ4v) is 2.13. The predicted molar refractivity (Wildman–Crippen MR) is 66.2 cm³/mol. The Kier molecular flexibility index (Phi) is 3.78. The van der Waals surface area contributed by atoms with Crippen LogP contribution >= 0.6 is 0 Å². The quantitative estimate of drug-likeness (QED) is 0.830. The van der Waals surface area contributed by atoms with E-state index in [1.807, 2.05) is 0 Å². The minimum atomic E-state index is -0.143. The second-order valence-corrected chi connectivity index (χ2v) is 4.67. The smallest absolute Gasteiger partial charge is 0.268 e. The molecule has 0 atom stereocenters. The molecule has 0 amide bonds. The van der Waals surface area contributed by atoms with Crippen molar-refractivity contribution in [3.05, 3.63) is 22.6 Å². The lowest BCUT2D eigenvalue weighted by Crippen LogP contribution is -2.34. The van der Waals surface area contributed by atoms with Crippen molar-refractivity contribution in [1.29, 1.82) is 0 Å². The standard InChI is InChI=1S/C12H19N3O2/c1-10-2-4-14(5-3-10)11-8-12(17)15(6-7-16)13-9-11/h8-10,16H,2-7H2,1H3. The molecule has 1 aliphatic heterocycles. The zero-order chi connectivity index (χ0) is 12.3. The van der Waals surface area contributed by atoms with Crippen molar-refractivity contribution >= 4 is 5.69 Å². The Labute approximate surface area is 101 Å². The van der Waals surface area contributed by atoms with Crippen LogP contribution in [0.15, 0.2) is 17.1 Å². The van der Waals surface area contributed by atoms with Crippen LogP contribution in [0.4, 0.5) is 5.69 Å². The summed E-state index contributed by atoms with van der Waals surface area (Å²) in [5.41, 5.74) is 0.756. The lowest BCUT2D eigenvalue weighted by molar-refractivity contribution is 0.266. The molecule has 0 radical (unpaired) electrons. The maximum atomic E-state index is 11.7. The van der Waals surface area contributed by atoms with E-state index in [4.69, 9.17) is 5.11 Å². The van der Waals surface area contributed by atoms with Crippen LogP contribution in [0.3, 0.4) is 0 Å². The van der Waals surface area contributed by atoms with Crippen LogP contribution in [0.25, 0.3) is 0 Å². The lowest BCUT2D eigenvalue weighted by atomic mass is 9.99. The summed E-state index contributed by atoms with van der Waals surface area (Å²) < 4.78 is 1.29. The van der Waals surface area contributed by atoms with E-state index in [1.54, 1.807) is 12.3 Å². The van der Waals surface area contributed by atoms with Gasteiger partial charge in [-0.2, -0.15) is 5.10 Å². The SMILES string of the molecule is CC1CCN(c2cnn(CCO)c(=O)c2)CC1. The monoisotopic (exact) mass is 237 g/mol. The van der Waals surface area contributed by atoms with Gasteiger partial charge in [-0.25, -0.2) is 4.68 Å². The minimum Gasteiger partial charge on any atom is -0.394 e. The first-order valence-corrected chi connectivity index (χ1v) is 6.13. The van der Waals surface area contributed by atoms with E-state index in [1.165, 1.54) is 17.5 Å². The molecule has 2 rings (SSSR count). The average molecular weight is 237 g/mol. The van der Waals surface area contributed by atoms with Crippen molar-refractivity contribution in [2.45, 2.75) is 26.3 Å². The Morgan fingerprint density at radius 1 is 1.47 bits per heavy atom. The number of rotatable bonds is 3. The number of anilines is 1. The zero-order valence-corrected chi connectivity index (χ0v) is 10.2. The Morgan fingerprint density at radius 3 is 2.76 bits per heavy atom. The minimum absolute atomic E-state index is 0.0620. The predicted octanol–water partition coefficient (Wildman–Crippen LogP) is 0.472. The van der Waals surface area contributed by atoms with E-state index in [9.17, 15) is 4.79 Å². The van der Waals surface area contributed by atoms with E-state index in [-0.39, 0.29) is 18.7 Å². The molecular weight excluding hydrogens is 218 g/mol. The van der Waals surface area contributed by atoms with Crippen molar-refractivity contribution in [2.24, 2.45) is 5.92 Å². The highest BCUT2D eigenvalue weighted by Gasteiger charge is 2.16. The van der Waals surface area contributed by atoms with Gasteiger partial charge < -0.3 is 10.0 Å². The van der Waals surface area contributed by atoms with Crippen LogP contribution in [0.1, 0.15) is 19.8 Å². The van der Waals surface area contributed by atoms with Gasteiger partial charge in [0.15, 0.2) is 0 Å². The summed E-state index contributed by atoms with van der Waals surface area (Å²) in [6.07, 6.45) is 4.05. The molecule has 0 aromatic carbocycles. The number of nitrogens with zero attached hydrogens (tertiary/aromatic N) is 3. The molecule has 0 aliphatic carbocycles. The molecule has 0 spiro atoms. The van der Waals surface area contributed by atoms with Gasteiger partial charge in [0, 0.05) is 19.2 Å². The molecule has 1 fully saturated rings. The van der Waals surface area contributed by atoms with Gasteiger partial charge in [0.1, 0.15) is 0 Å². The molecular formula is C12H19N3O2. The number of hydrogen-bond acceptors (Lipinski definition) is 4. The second-order valence-electron chi connectivity index (χ2n) is 4.67. The molecule has 1 aliphatic rings. The van der Waals surface area contributed by atoms with Gasteiger partial charge in [-0.3, -0.25) is 4.79 Å². The van der Waals surface area contributed by atoms with E-state index in [2.05, 4.69) is 16.9 Å². The molecule has 5 heteroatoms. The maximum Gasteiger partial charge on any atom is 0.268 e. The van der Waals surface area contributed by atoms with Crippen LogP contribution < -0.4 is 10.5 Å². The third-order valence-electron chi connectivity index (χ3n) is 3.32. The highest BCUT2D eigenvalue weighted by molar-refractivity contribution is 5.43. The molecule has 0 saturated carbocycles. The Bertz CT molecular complexity index is 422. The number of hydrogen-bond donors (Lipinski definition) is 1. The summed E-state index contributed by atoms with van der Waals surface area (Å²) in [5, 5.41) is 12.8. The van der Waals surface area contributed by atoms with E-state index >= 15 is 0 Å². The fourth-order valence-electron chi connectivity index (χ4n) is 2.13. The van der Waals surface area contributed by atoms with E-state index in [0.29, 0.717) is 0 Å². The molecule has 2 heterocycles. The number of piperidine rings is 1. The van der Waals surface area contributed by atoms with Gasteiger partial charge in [0.05, 0.1) is 25.0 Å². The van der Waals surface area contributed by atoms with Crippen LogP contribution in [0, 0.1) is 5.92 Å². The molecule has 94 valence electrons. The molecule has 1 N–H and O–H groups in total. The van der Waals surface area contributed by atoms with Crippen molar-refractivity contribution < 1.29 is 5.11 Å². The van der Waals surface area contributed by atoms with Crippen molar-refractivity contribution in [3.63, 3.8) is 0 Å². The van der Waals surface area contributed by atoms with E-state index in [0.717, 1.165) is 24.7 Å². The Morgan fingerprint density at radius 2 is 2.18 bits per heavy atom. The number of aliphatic hydroxyl groups excluding tert-OH is 1. The summed E-state index contributed by atoms with van der Waals surface area (Å²) in [5.74, 6) is 0.772. The van der Waals surface area contributed by atoms with Gasteiger partial charge in [0.25, 0.3) is 5.56 Å². The van der Waals surface area contributed by atoms with Crippen LogP contribution in [0.5, 0.6) is 0 Å². The number of aliphatic hydroxyl groups is 1. The third kappa shape index (κ3) is 2.85. The molecule has 1 aromatic rings. The first-order chi connectivity index (χ1) is 8.20. The molecule has 0 unspecified atom stereocenters. The Hall–Kier alpha value is -1.36. The molecule has 1 saturated heterocycles. The summed E-state index contributed by atoms with van der Waals surface area (Å²) in [7, 11) is 0. The van der Waals surface area contributed by atoms with Gasteiger partial charge in [-0.15, -0.1) is 0 Å². The second kappa shape index (κ2) is 5.31. The van der Waals surface area contributed by atoms with Crippen LogP contribution in [-0.2, 0) is 6.54 Å². The van der Waals surface area contributed by atoms with Crippen LogP contribution in [-0.4, -0.2) is 34.6 Å². The first-order valence-electron chi connectivity index (χ1n) is 6.13. The van der Waals surface area contributed by atoms with Crippen molar-refractivity contribution in [2.75, 3.05) is 24.6 Å². The Balaban J connectivity index is 2.12. The summed E-state index contributed by atoms with van der Waals surface area (Å²) in [4.78, 5) is 13.9. The van der Waals surface area contributed by atoms with Gasteiger partial charge in [-0.1, -0.05) is 6.92 Å². The van der Waals surface area contributed by atoms with Gasteiger partial charge >= 0.3 is 0 Å². The van der Waals surface area contributed by atoms with E-state index < -0.39 is 0 Å². The number of aromatic nitrogens is 2. The molecule has 1 aromatic heterocycles. The normalized spacial score (nSPS) is 17.4. The largest absolute Gasteiger partial charge is 0.394 e. The van der Waals surface area contributed by atoms with Gasteiger partial charge in [0.2, 0.25) is 0 Å². The molecule has 5 nitrogen and oxygen atoms in total. The third-order valence-corrected chi connectivity index (χ3v) is 3.32. The summed E-state index contributed by atoms with van der Waals surface area (Å²) >= 11 is 0. The summed E-state index contributed by atoms with van der Waals surface area (Å²) in [6, 6.07) is 1.61. The summed E-state index contributed by atoms with van der Waals surface area (Å²) in [6.45, 7) is 4.44. The molecule has 17 heavy (non-hydrogen) atoms. The fraction of sp³-hybridized carbons (Fsp3) is 0.667. The van der Waals surface area contributed by atoms with Crippen molar-refractivity contribution in [1.82, 2.24) is 9.78 Å². The highest BCUT2D eigenvalue weighted by atomic mass is 16.3. The van der Waals surface area contributed by atoms with Gasteiger partial charge in [-0.05, 0) is 18.8 Å². The topological polar surface area (TPSA) is 58.4 Å².